The molecule has 2 aliphatic heterocycles. The zero-order chi connectivity index (χ0) is 18.4. The van der Waals surface area contributed by atoms with Crippen LogP contribution in [0, 0.1) is 0 Å². The van der Waals surface area contributed by atoms with E-state index in [0.29, 0.717) is 32.2 Å². The smallest absolute Gasteiger partial charge is 0.236 e. The van der Waals surface area contributed by atoms with Gasteiger partial charge in [0.05, 0.1) is 13.1 Å². The second-order valence-electron chi connectivity index (χ2n) is 8.32. The molecule has 0 spiro atoms. The standard InChI is InChI=1S/C18H35N5O2.2ClH/c1-18(2,3)20-16(24)13-21-8-10-23(11-9-21)17(25)14-22-7-5-6-15(12-22)19-4;;/h15,19H,5-14H2,1-4H3,(H,20,24);2*1H. The number of likely N-dealkylation sites (tertiary alicyclic amines) is 1. The van der Waals surface area contributed by atoms with Gasteiger partial charge in [-0.25, -0.2) is 0 Å². The van der Waals surface area contributed by atoms with Crippen LogP contribution in [-0.4, -0.2) is 97.5 Å². The van der Waals surface area contributed by atoms with E-state index in [9.17, 15) is 9.59 Å². The van der Waals surface area contributed by atoms with Crippen molar-refractivity contribution in [3.05, 3.63) is 0 Å². The van der Waals surface area contributed by atoms with Crippen LogP contribution in [0.2, 0.25) is 0 Å². The van der Waals surface area contributed by atoms with Gasteiger partial charge in [0.1, 0.15) is 0 Å². The topological polar surface area (TPSA) is 67.9 Å². The summed E-state index contributed by atoms with van der Waals surface area (Å²) in [6.07, 6.45) is 2.34. The minimum atomic E-state index is -0.200. The van der Waals surface area contributed by atoms with Gasteiger partial charge in [-0.2, -0.15) is 0 Å². The van der Waals surface area contributed by atoms with Gasteiger partial charge in [0.25, 0.3) is 0 Å². The summed E-state index contributed by atoms with van der Waals surface area (Å²) in [6.45, 7) is 11.8. The molecule has 1 unspecified atom stereocenters. The fraction of sp³-hybridized carbons (Fsp3) is 0.889. The molecule has 2 saturated heterocycles. The van der Waals surface area contributed by atoms with Crippen molar-refractivity contribution in [1.82, 2.24) is 25.3 Å². The lowest BCUT2D eigenvalue weighted by Gasteiger charge is -2.37. The third-order valence-electron chi connectivity index (χ3n) is 4.88. The number of carbonyl (C=O) groups is 2. The van der Waals surface area contributed by atoms with Crippen LogP contribution in [0.5, 0.6) is 0 Å². The van der Waals surface area contributed by atoms with Crippen LogP contribution in [0.4, 0.5) is 0 Å². The van der Waals surface area contributed by atoms with Crippen molar-refractivity contribution in [2.45, 2.75) is 45.2 Å². The number of hydrogen-bond acceptors (Lipinski definition) is 5. The zero-order valence-corrected chi connectivity index (χ0v) is 18.8. The highest BCUT2D eigenvalue weighted by molar-refractivity contribution is 5.85. The van der Waals surface area contributed by atoms with E-state index in [4.69, 9.17) is 0 Å². The lowest BCUT2D eigenvalue weighted by molar-refractivity contribution is -0.134. The van der Waals surface area contributed by atoms with Gasteiger partial charge in [-0.05, 0) is 47.2 Å². The summed E-state index contributed by atoms with van der Waals surface area (Å²) in [5.74, 6) is 0.272. The Hall–Kier alpha value is -0.600. The van der Waals surface area contributed by atoms with E-state index in [1.165, 1.54) is 6.42 Å². The maximum absolute atomic E-state index is 12.5. The molecular formula is C18H37Cl2N5O2. The summed E-state index contributed by atoms with van der Waals surface area (Å²) < 4.78 is 0. The molecule has 0 aromatic heterocycles. The predicted octanol–water partition coefficient (Wildman–Crippen LogP) is 0.573. The van der Waals surface area contributed by atoms with E-state index in [1.54, 1.807) is 0 Å². The summed E-state index contributed by atoms with van der Waals surface area (Å²) in [6, 6.07) is 0.500. The normalized spacial score (nSPS) is 21.8. The third kappa shape index (κ3) is 9.43. The van der Waals surface area contributed by atoms with Gasteiger partial charge < -0.3 is 15.5 Å². The molecule has 9 heteroatoms. The molecule has 0 bridgehead atoms. The quantitative estimate of drug-likeness (QED) is 0.673. The number of nitrogens with one attached hydrogen (secondary N) is 2. The highest BCUT2D eigenvalue weighted by Crippen LogP contribution is 2.11. The van der Waals surface area contributed by atoms with Crippen LogP contribution in [0.25, 0.3) is 0 Å². The van der Waals surface area contributed by atoms with E-state index in [2.05, 4.69) is 20.4 Å². The summed E-state index contributed by atoms with van der Waals surface area (Å²) in [4.78, 5) is 30.9. The van der Waals surface area contributed by atoms with Crippen molar-refractivity contribution in [3.8, 4) is 0 Å². The summed E-state index contributed by atoms with van der Waals surface area (Å²) in [5, 5.41) is 6.31. The molecule has 2 fully saturated rings. The lowest BCUT2D eigenvalue weighted by atomic mass is 10.1. The molecule has 160 valence electrons. The van der Waals surface area contributed by atoms with Crippen molar-refractivity contribution >= 4 is 36.6 Å². The Balaban J connectivity index is 0.00000338. The first kappa shape index (κ1) is 26.4. The number of nitrogens with zero attached hydrogens (tertiary/aromatic N) is 3. The molecule has 2 amide bonds. The van der Waals surface area contributed by atoms with Gasteiger partial charge in [0.15, 0.2) is 0 Å². The van der Waals surface area contributed by atoms with Gasteiger partial charge >= 0.3 is 0 Å². The number of piperidine rings is 1. The van der Waals surface area contributed by atoms with Gasteiger partial charge in [-0.15, -0.1) is 24.8 Å². The minimum Gasteiger partial charge on any atom is -0.350 e. The SMILES string of the molecule is CNC1CCCN(CC(=O)N2CCN(CC(=O)NC(C)(C)C)CC2)C1.Cl.Cl. The Morgan fingerprint density at radius 3 is 2.15 bits per heavy atom. The number of rotatable bonds is 5. The number of halogens is 2. The van der Waals surface area contributed by atoms with Crippen LogP contribution in [0.15, 0.2) is 0 Å². The Labute approximate surface area is 176 Å². The first-order valence-electron chi connectivity index (χ1n) is 9.47. The summed E-state index contributed by atoms with van der Waals surface area (Å²) in [5.41, 5.74) is -0.200. The second-order valence-corrected chi connectivity index (χ2v) is 8.32. The maximum atomic E-state index is 12.5. The van der Waals surface area contributed by atoms with Crippen LogP contribution in [0.1, 0.15) is 33.6 Å². The van der Waals surface area contributed by atoms with Gasteiger partial charge in [0, 0.05) is 44.3 Å². The monoisotopic (exact) mass is 425 g/mol. The van der Waals surface area contributed by atoms with Crippen molar-refractivity contribution in [2.75, 3.05) is 59.4 Å². The predicted molar refractivity (Wildman–Crippen MR) is 114 cm³/mol. The molecule has 0 radical (unpaired) electrons. The molecule has 2 heterocycles. The molecule has 0 aliphatic carbocycles. The molecule has 2 N–H and O–H groups in total. The molecule has 27 heavy (non-hydrogen) atoms. The highest BCUT2D eigenvalue weighted by Gasteiger charge is 2.26. The zero-order valence-electron chi connectivity index (χ0n) is 17.1. The van der Waals surface area contributed by atoms with Crippen molar-refractivity contribution in [2.24, 2.45) is 0 Å². The van der Waals surface area contributed by atoms with E-state index in [0.717, 1.165) is 32.6 Å². The number of amides is 2. The number of hydrogen-bond donors (Lipinski definition) is 2. The molecule has 2 rings (SSSR count). The average Bonchev–Trinajstić information content (AvgIpc) is 2.53. The molecule has 7 nitrogen and oxygen atoms in total. The highest BCUT2D eigenvalue weighted by atomic mass is 35.5. The van der Waals surface area contributed by atoms with Gasteiger partial charge in [0.2, 0.25) is 11.8 Å². The van der Waals surface area contributed by atoms with Crippen LogP contribution >= 0.6 is 24.8 Å². The molecule has 0 aromatic carbocycles. The fourth-order valence-corrected chi connectivity index (χ4v) is 3.54. The van der Waals surface area contributed by atoms with Gasteiger partial charge in [-0.3, -0.25) is 19.4 Å². The lowest BCUT2D eigenvalue weighted by Crippen LogP contribution is -2.55. The fourth-order valence-electron chi connectivity index (χ4n) is 3.54. The second kappa shape index (κ2) is 12.1. The Bertz CT molecular complexity index is 465. The molecular weight excluding hydrogens is 389 g/mol. The maximum Gasteiger partial charge on any atom is 0.236 e. The summed E-state index contributed by atoms with van der Waals surface area (Å²) >= 11 is 0. The van der Waals surface area contributed by atoms with E-state index < -0.39 is 0 Å². The van der Waals surface area contributed by atoms with E-state index in [1.807, 2.05) is 32.7 Å². The molecule has 0 aromatic rings. The number of carbonyl (C=O) groups excluding carboxylic acids is 2. The molecule has 0 saturated carbocycles. The first-order valence-corrected chi connectivity index (χ1v) is 9.47. The minimum absolute atomic E-state index is 0. The van der Waals surface area contributed by atoms with Crippen molar-refractivity contribution < 1.29 is 9.59 Å². The van der Waals surface area contributed by atoms with Crippen molar-refractivity contribution in [3.63, 3.8) is 0 Å². The van der Waals surface area contributed by atoms with E-state index in [-0.39, 0.29) is 42.2 Å². The first-order chi connectivity index (χ1) is 11.8. The number of likely N-dealkylation sites (N-methyl/N-ethyl adjacent to an activating group) is 1. The van der Waals surface area contributed by atoms with Crippen LogP contribution in [-0.2, 0) is 9.59 Å². The summed E-state index contributed by atoms with van der Waals surface area (Å²) in [7, 11) is 1.99. The third-order valence-corrected chi connectivity index (χ3v) is 4.88. The average molecular weight is 426 g/mol. The van der Waals surface area contributed by atoms with Crippen molar-refractivity contribution in [1.29, 1.82) is 0 Å². The Kier molecular flexibility index (Phi) is 11.8. The Morgan fingerprint density at radius 2 is 1.59 bits per heavy atom. The molecule has 2 aliphatic rings. The number of piperazine rings is 1. The van der Waals surface area contributed by atoms with Crippen LogP contribution < -0.4 is 10.6 Å². The Morgan fingerprint density at radius 1 is 0.963 bits per heavy atom. The van der Waals surface area contributed by atoms with Crippen LogP contribution in [0.3, 0.4) is 0 Å². The van der Waals surface area contributed by atoms with E-state index >= 15 is 0 Å². The molecule has 1 atom stereocenters. The largest absolute Gasteiger partial charge is 0.350 e. The van der Waals surface area contributed by atoms with Gasteiger partial charge in [-0.1, -0.05) is 0 Å².